The largest absolute Gasteiger partial charge is 0.332 e. The summed E-state index contributed by atoms with van der Waals surface area (Å²) < 4.78 is 0. The van der Waals surface area contributed by atoms with Crippen LogP contribution in [0.5, 0.6) is 0 Å². The molecule has 0 aliphatic heterocycles. The van der Waals surface area contributed by atoms with E-state index in [0.717, 1.165) is 18.4 Å². The van der Waals surface area contributed by atoms with Crippen LogP contribution in [0.25, 0.3) is 0 Å². The SMILES string of the molecule is Cc1ccsc1CN(Cc1ccccc1)C(=O)CN(C(=O)CC(C)C)C1CC1. The van der Waals surface area contributed by atoms with E-state index in [9.17, 15) is 9.59 Å². The second-order valence-electron chi connectivity index (χ2n) is 8.11. The smallest absolute Gasteiger partial charge is 0.242 e. The molecule has 3 rings (SSSR count). The van der Waals surface area contributed by atoms with Crippen molar-refractivity contribution in [2.75, 3.05) is 6.54 Å². The van der Waals surface area contributed by atoms with E-state index in [-0.39, 0.29) is 24.4 Å². The summed E-state index contributed by atoms with van der Waals surface area (Å²) in [5.74, 6) is 0.441. The fourth-order valence-electron chi connectivity index (χ4n) is 3.29. The van der Waals surface area contributed by atoms with Crippen molar-refractivity contribution in [3.63, 3.8) is 0 Å². The maximum atomic E-state index is 13.3. The number of aryl methyl sites for hydroxylation is 1. The number of hydrogen-bond acceptors (Lipinski definition) is 3. The molecule has 1 aromatic carbocycles. The average molecular weight is 399 g/mol. The van der Waals surface area contributed by atoms with Gasteiger partial charge < -0.3 is 9.80 Å². The van der Waals surface area contributed by atoms with Gasteiger partial charge in [0.15, 0.2) is 0 Å². The van der Waals surface area contributed by atoms with Gasteiger partial charge in [-0.2, -0.15) is 0 Å². The third-order valence-electron chi connectivity index (χ3n) is 5.07. The predicted octanol–water partition coefficient (Wildman–Crippen LogP) is 4.62. The van der Waals surface area contributed by atoms with Crippen LogP contribution in [0.2, 0.25) is 0 Å². The highest BCUT2D eigenvalue weighted by atomic mass is 32.1. The summed E-state index contributed by atoms with van der Waals surface area (Å²) >= 11 is 1.68. The van der Waals surface area contributed by atoms with Crippen molar-refractivity contribution in [3.8, 4) is 0 Å². The summed E-state index contributed by atoms with van der Waals surface area (Å²) in [7, 11) is 0. The van der Waals surface area contributed by atoms with Gasteiger partial charge >= 0.3 is 0 Å². The van der Waals surface area contributed by atoms with Gasteiger partial charge in [0.2, 0.25) is 11.8 Å². The van der Waals surface area contributed by atoms with Crippen molar-refractivity contribution in [2.45, 2.75) is 59.2 Å². The number of amides is 2. The first-order valence-corrected chi connectivity index (χ1v) is 11.0. The summed E-state index contributed by atoms with van der Waals surface area (Å²) in [6, 6.07) is 12.4. The molecule has 5 heteroatoms. The molecular weight excluding hydrogens is 368 g/mol. The Morgan fingerprint density at radius 1 is 1.07 bits per heavy atom. The molecule has 2 amide bonds. The van der Waals surface area contributed by atoms with Gasteiger partial charge in [0.25, 0.3) is 0 Å². The molecule has 0 radical (unpaired) electrons. The number of rotatable bonds is 9. The van der Waals surface area contributed by atoms with Crippen molar-refractivity contribution >= 4 is 23.2 Å². The summed E-state index contributed by atoms with van der Waals surface area (Å²) in [5.41, 5.74) is 2.32. The lowest BCUT2D eigenvalue weighted by Gasteiger charge is -2.28. The van der Waals surface area contributed by atoms with Gasteiger partial charge in [0, 0.05) is 23.9 Å². The Balaban J connectivity index is 1.74. The van der Waals surface area contributed by atoms with E-state index in [0.29, 0.717) is 25.4 Å². The van der Waals surface area contributed by atoms with E-state index in [1.54, 1.807) is 11.3 Å². The molecule has 0 spiro atoms. The average Bonchev–Trinajstić information content (AvgIpc) is 3.42. The number of carbonyl (C=O) groups excluding carboxylic acids is 2. The van der Waals surface area contributed by atoms with Crippen molar-refractivity contribution in [2.24, 2.45) is 5.92 Å². The standard InChI is InChI=1S/C23H30N2O2S/c1-17(2)13-22(26)25(20-9-10-20)16-23(27)24(14-19-7-5-4-6-8-19)15-21-18(3)11-12-28-21/h4-8,11-12,17,20H,9-10,13-16H2,1-3H3. The van der Waals surface area contributed by atoms with E-state index in [1.165, 1.54) is 10.4 Å². The van der Waals surface area contributed by atoms with Crippen LogP contribution < -0.4 is 0 Å². The monoisotopic (exact) mass is 398 g/mol. The van der Waals surface area contributed by atoms with Crippen LogP contribution >= 0.6 is 11.3 Å². The molecule has 4 nitrogen and oxygen atoms in total. The predicted molar refractivity (Wildman–Crippen MR) is 114 cm³/mol. The van der Waals surface area contributed by atoms with E-state index in [2.05, 4.69) is 18.4 Å². The van der Waals surface area contributed by atoms with E-state index < -0.39 is 0 Å². The lowest BCUT2D eigenvalue weighted by atomic mass is 10.1. The van der Waals surface area contributed by atoms with Gasteiger partial charge in [0.1, 0.15) is 6.54 Å². The summed E-state index contributed by atoms with van der Waals surface area (Å²) in [6.45, 7) is 7.52. The Labute approximate surface area is 172 Å². The van der Waals surface area contributed by atoms with E-state index >= 15 is 0 Å². The van der Waals surface area contributed by atoms with Crippen LogP contribution in [0, 0.1) is 12.8 Å². The first-order valence-electron chi connectivity index (χ1n) is 10.1. The second-order valence-corrected chi connectivity index (χ2v) is 9.11. The van der Waals surface area contributed by atoms with Gasteiger partial charge in [-0.1, -0.05) is 44.2 Å². The van der Waals surface area contributed by atoms with Crippen LogP contribution in [0.15, 0.2) is 41.8 Å². The lowest BCUT2D eigenvalue weighted by molar-refractivity contribution is -0.142. The van der Waals surface area contributed by atoms with Crippen molar-refractivity contribution < 1.29 is 9.59 Å². The first kappa shape index (κ1) is 20.6. The Morgan fingerprint density at radius 3 is 2.36 bits per heavy atom. The Bertz CT molecular complexity index is 796. The maximum Gasteiger partial charge on any atom is 0.242 e. The van der Waals surface area contributed by atoms with Gasteiger partial charge in [-0.25, -0.2) is 0 Å². The third-order valence-corrected chi connectivity index (χ3v) is 6.08. The lowest BCUT2D eigenvalue weighted by Crippen LogP contribution is -2.43. The fourth-order valence-corrected chi connectivity index (χ4v) is 4.22. The van der Waals surface area contributed by atoms with Crippen LogP contribution in [0.3, 0.4) is 0 Å². The Kier molecular flexibility index (Phi) is 6.89. The first-order chi connectivity index (χ1) is 13.4. The van der Waals surface area contributed by atoms with Crippen LogP contribution in [0.4, 0.5) is 0 Å². The molecule has 0 unspecified atom stereocenters. The van der Waals surface area contributed by atoms with Crippen LogP contribution in [-0.4, -0.2) is 34.2 Å². The van der Waals surface area contributed by atoms with E-state index in [1.807, 2.05) is 54.0 Å². The molecule has 1 aliphatic rings. The van der Waals surface area contributed by atoms with Crippen LogP contribution in [0.1, 0.15) is 49.1 Å². The molecule has 1 fully saturated rings. The summed E-state index contributed by atoms with van der Waals surface area (Å²) in [5, 5.41) is 2.07. The third kappa shape index (κ3) is 5.68. The molecule has 0 N–H and O–H groups in total. The van der Waals surface area contributed by atoms with Gasteiger partial charge in [-0.05, 0) is 48.3 Å². The number of nitrogens with zero attached hydrogens (tertiary/aromatic N) is 2. The molecule has 0 atom stereocenters. The van der Waals surface area contributed by atoms with Crippen molar-refractivity contribution in [1.82, 2.24) is 9.80 Å². The topological polar surface area (TPSA) is 40.6 Å². The number of thiophene rings is 1. The van der Waals surface area contributed by atoms with Gasteiger partial charge in [-0.3, -0.25) is 9.59 Å². The highest BCUT2D eigenvalue weighted by Gasteiger charge is 2.34. The second kappa shape index (κ2) is 9.37. The zero-order valence-corrected chi connectivity index (χ0v) is 17.9. The molecule has 1 aromatic heterocycles. The number of benzene rings is 1. The fraction of sp³-hybridized carbons (Fsp3) is 0.478. The molecule has 1 aliphatic carbocycles. The molecule has 0 saturated heterocycles. The Hall–Kier alpha value is -2.14. The van der Waals surface area contributed by atoms with Gasteiger partial charge in [-0.15, -0.1) is 11.3 Å². The molecule has 0 bridgehead atoms. The van der Waals surface area contributed by atoms with Crippen molar-refractivity contribution in [3.05, 3.63) is 57.8 Å². The van der Waals surface area contributed by atoms with E-state index in [4.69, 9.17) is 0 Å². The molecule has 1 heterocycles. The Morgan fingerprint density at radius 2 is 1.79 bits per heavy atom. The van der Waals surface area contributed by atoms with Gasteiger partial charge in [0.05, 0.1) is 6.54 Å². The van der Waals surface area contributed by atoms with Crippen LogP contribution in [-0.2, 0) is 22.7 Å². The zero-order valence-electron chi connectivity index (χ0n) is 17.1. The normalized spacial score (nSPS) is 13.6. The molecule has 28 heavy (non-hydrogen) atoms. The molecule has 1 saturated carbocycles. The zero-order chi connectivity index (χ0) is 20.1. The number of carbonyl (C=O) groups is 2. The minimum atomic E-state index is 0.0284. The maximum absolute atomic E-state index is 13.3. The summed E-state index contributed by atoms with van der Waals surface area (Å²) in [4.78, 5) is 30.9. The highest BCUT2D eigenvalue weighted by Crippen LogP contribution is 2.28. The molecular formula is C23H30N2O2S. The molecule has 150 valence electrons. The minimum Gasteiger partial charge on any atom is -0.332 e. The van der Waals surface area contributed by atoms with Crippen molar-refractivity contribution in [1.29, 1.82) is 0 Å². The molecule has 2 aromatic rings. The number of hydrogen-bond donors (Lipinski definition) is 0. The highest BCUT2D eigenvalue weighted by molar-refractivity contribution is 7.10. The minimum absolute atomic E-state index is 0.0284. The summed E-state index contributed by atoms with van der Waals surface area (Å²) in [6.07, 6.45) is 2.53. The quantitative estimate of drug-likeness (QED) is 0.618.